The van der Waals surface area contributed by atoms with E-state index in [2.05, 4.69) is 25.5 Å². The standard InChI is InChI=1S/C19H22N6O2/c1-12-17(22-16(10-21-12)25-8-7-15(26)11-25)19-24-23-18(27-19)14-5-3-13(4-6-14)9-20-2/h3-6,10,15,20,26H,7-9,11H2,1-2H3/t15-/m1/s1. The summed E-state index contributed by atoms with van der Waals surface area (Å²) in [5.74, 6) is 1.50. The molecule has 0 saturated carbocycles. The van der Waals surface area contributed by atoms with Crippen LogP contribution in [0.15, 0.2) is 34.9 Å². The molecule has 8 nitrogen and oxygen atoms in total. The molecule has 1 aromatic carbocycles. The first-order valence-electron chi connectivity index (χ1n) is 8.98. The van der Waals surface area contributed by atoms with Crippen LogP contribution in [-0.4, -0.2) is 51.5 Å². The van der Waals surface area contributed by atoms with E-state index in [4.69, 9.17) is 4.42 Å². The third-order valence-electron chi connectivity index (χ3n) is 4.64. The Kier molecular flexibility index (Phi) is 4.83. The number of aliphatic hydroxyl groups excluding tert-OH is 1. The minimum Gasteiger partial charge on any atom is -0.415 e. The second-order valence-corrected chi connectivity index (χ2v) is 6.69. The molecule has 0 spiro atoms. The second-order valence-electron chi connectivity index (χ2n) is 6.69. The van der Waals surface area contributed by atoms with E-state index in [9.17, 15) is 5.11 Å². The Morgan fingerprint density at radius 3 is 2.70 bits per heavy atom. The minimum absolute atomic E-state index is 0.322. The summed E-state index contributed by atoms with van der Waals surface area (Å²) in [6, 6.07) is 7.98. The minimum atomic E-state index is -0.322. The summed E-state index contributed by atoms with van der Waals surface area (Å²) >= 11 is 0. The molecule has 1 aliphatic rings. The zero-order valence-corrected chi connectivity index (χ0v) is 15.4. The van der Waals surface area contributed by atoms with Gasteiger partial charge in [-0.3, -0.25) is 4.98 Å². The van der Waals surface area contributed by atoms with E-state index in [0.29, 0.717) is 29.8 Å². The third kappa shape index (κ3) is 3.67. The van der Waals surface area contributed by atoms with E-state index in [0.717, 1.165) is 30.8 Å². The maximum absolute atomic E-state index is 9.75. The van der Waals surface area contributed by atoms with Gasteiger partial charge in [-0.05, 0) is 38.1 Å². The van der Waals surface area contributed by atoms with Crippen LogP contribution in [0.1, 0.15) is 17.7 Å². The Balaban J connectivity index is 1.61. The fraction of sp³-hybridized carbons (Fsp3) is 0.368. The van der Waals surface area contributed by atoms with Gasteiger partial charge in [-0.2, -0.15) is 0 Å². The van der Waals surface area contributed by atoms with E-state index >= 15 is 0 Å². The molecule has 3 aromatic rings. The topological polar surface area (TPSA) is 100 Å². The average molecular weight is 366 g/mol. The van der Waals surface area contributed by atoms with Crippen LogP contribution < -0.4 is 10.2 Å². The van der Waals surface area contributed by atoms with Crippen molar-refractivity contribution in [2.24, 2.45) is 0 Å². The van der Waals surface area contributed by atoms with Crippen LogP contribution in [0.2, 0.25) is 0 Å². The smallest absolute Gasteiger partial charge is 0.268 e. The predicted molar refractivity (Wildman–Crippen MR) is 101 cm³/mol. The van der Waals surface area contributed by atoms with Gasteiger partial charge in [-0.25, -0.2) is 4.98 Å². The number of hydrogen-bond acceptors (Lipinski definition) is 8. The zero-order chi connectivity index (χ0) is 18.8. The van der Waals surface area contributed by atoms with Gasteiger partial charge in [0.05, 0.1) is 18.0 Å². The Morgan fingerprint density at radius 1 is 1.22 bits per heavy atom. The van der Waals surface area contributed by atoms with Crippen molar-refractivity contribution in [1.29, 1.82) is 0 Å². The molecular formula is C19H22N6O2. The summed E-state index contributed by atoms with van der Waals surface area (Å²) in [6.45, 7) is 3.99. The number of nitrogens with zero attached hydrogens (tertiary/aromatic N) is 5. The summed E-state index contributed by atoms with van der Waals surface area (Å²) in [5.41, 5.74) is 3.33. The van der Waals surface area contributed by atoms with Crippen molar-refractivity contribution in [2.75, 3.05) is 25.0 Å². The highest BCUT2D eigenvalue weighted by molar-refractivity contribution is 5.58. The molecule has 0 bridgehead atoms. The van der Waals surface area contributed by atoms with E-state index < -0.39 is 0 Å². The van der Waals surface area contributed by atoms with Gasteiger partial charge < -0.3 is 19.7 Å². The number of benzene rings is 1. The fourth-order valence-electron chi connectivity index (χ4n) is 3.15. The molecule has 2 aromatic heterocycles. The summed E-state index contributed by atoms with van der Waals surface area (Å²) in [7, 11) is 1.92. The predicted octanol–water partition coefficient (Wildman–Crippen LogP) is 1.79. The Hall–Kier alpha value is -2.84. The molecule has 1 atom stereocenters. The molecule has 4 rings (SSSR count). The quantitative estimate of drug-likeness (QED) is 0.705. The Morgan fingerprint density at radius 2 is 2.00 bits per heavy atom. The van der Waals surface area contributed by atoms with Crippen LogP contribution in [-0.2, 0) is 6.54 Å². The lowest BCUT2D eigenvalue weighted by Crippen LogP contribution is -2.22. The average Bonchev–Trinajstić information content (AvgIpc) is 3.33. The summed E-state index contributed by atoms with van der Waals surface area (Å²) in [5, 5.41) is 21.2. The number of aliphatic hydroxyl groups is 1. The van der Waals surface area contributed by atoms with Gasteiger partial charge in [-0.1, -0.05) is 12.1 Å². The normalized spacial score (nSPS) is 16.9. The van der Waals surface area contributed by atoms with Gasteiger partial charge in [0.1, 0.15) is 5.82 Å². The Labute approximate surface area is 157 Å². The molecule has 0 amide bonds. The molecule has 3 heterocycles. The van der Waals surface area contributed by atoms with Crippen LogP contribution in [0.25, 0.3) is 23.0 Å². The fourth-order valence-corrected chi connectivity index (χ4v) is 3.15. The van der Waals surface area contributed by atoms with Crippen molar-refractivity contribution < 1.29 is 9.52 Å². The summed E-state index contributed by atoms with van der Waals surface area (Å²) in [4.78, 5) is 11.1. The van der Waals surface area contributed by atoms with Crippen molar-refractivity contribution in [3.63, 3.8) is 0 Å². The lowest BCUT2D eigenvalue weighted by atomic mass is 10.1. The molecule has 0 aliphatic carbocycles. The number of rotatable bonds is 5. The number of hydrogen-bond donors (Lipinski definition) is 2. The molecule has 140 valence electrons. The lowest BCUT2D eigenvalue weighted by molar-refractivity contribution is 0.198. The maximum atomic E-state index is 9.75. The highest BCUT2D eigenvalue weighted by Crippen LogP contribution is 2.27. The van der Waals surface area contributed by atoms with Gasteiger partial charge in [0.15, 0.2) is 5.69 Å². The van der Waals surface area contributed by atoms with Gasteiger partial charge >= 0.3 is 0 Å². The van der Waals surface area contributed by atoms with Gasteiger partial charge in [0.2, 0.25) is 5.89 Å². The number of aromatic nitrogens is 4. The van der Waals surface area contributed by atoms with Crippen LogP contribution in [0, 0.1) is 6.92 Å². The molecule has 1 aliphatic heterocycles. The van der Waals surface area contributed by atoms with Crippen LogP contribution in [0.4, 0.5) is 5.82 Å². The van der Waals surface area contributed by atoms with Crippen molar-refractivity contribution in [3.8, 4) is 23.0 Å². The van der Waals surface area contributed by atoms with Crippen molar-refractivity contribution >= 4 is 5.82 Å². The van der Waals surface area contributed by atoms with Gasteiger partial charge in [0.25, 0.3) is 5.89 Å². The van der Waals surface area contributed by atoms with E-state index in [1.807, 2.05) is 43.1 Å². The second kappa shape index (κ2) is 7.42. The highest BCUT2D eigenvalue weighted by Gasteiger charge is 2.23. The lowest BCUT2D eigenvalue weighted by Gasteiger charge is -2.16. The molecule has 0 radical (unpaired) electrons. The third-order valence-corrected chi connectivity index (χ3v) is 4.64. The van der Waals surface area contributed by atoms with E-state index in [-0.39, 0.29) is 6.10 Å². The monoisotopic (exact) mass is 366 g/mol. The first kappa shape index (κ1) is 17.6. The molecule has 2 N–H and O–H groups in total. The Bertz CT molecular complexity index is 924. The number of β-amino-alcohol motifs (C(OH)–C–C–N with tert-alkyl or cyclic N) is 1. The zero-order valence-electron chi connectivity index (χ0n) is 15.4. The first-order valence-corrected chi connectivity index (χ1v) is 8.98. The highest BCUT2D eigenvalue weighted by atomic mass is 16.4. The molecule has 8 heteroatoms. The molecular weight excluding hydrogens is 344 g/mol. The van der Waals surface area contributed by atoms with Crippen LogP contribution in [0.5, 0.6) is 0 Å². The number of aryl methyl sites for hydroxylation is 1. The first-order chi connectivity index (χ1) is 13.1. The molecule has 1 fully saturated rings. The number of nitrogens with one attached hydrogen (secondary N) is 1. The van der Waals surface area contributed by atoms with Crippen molar-refractivity contribution in [1.82, 2.24) is 25.5 Å². The SMILES string of the molecule is CNCc1ccc(-c2nnc(-c3nc(N4CC[C@@H](O)C4)cnc3C)o2)cc1. The van der Waals surface area contributed by atoms with Gasteiger partial charge in [-0.15, -0.1) is 10.2 Å². The van der Waals surface area contributed by atoms with Crippen molar-refractivity contribution in [3.05, 3.63) is 41.7 Å². The molecule has 0 unspecified atom stereocenters. The molecule has 27 heavy (non-hydrogen) atoms. The van der Waals surface area contributed by atoms with E-state index in [1.165, 1.54) is 5.56 Å². The van der Waals surface area contributed by atoms with Crippen molar-refractivity contribution in [2.45, 2.75) is 26.0 Å². The van der Waals surface area contributed by atoms with Gasteiger partial charge in [0, 0.05) is 25.2 Å². The van der Waals surface area contributed by atoms with Crippen LogP contribution >= 0.6 is 0 Å². The maximum Gasteiger partial charge on any atom is 0.268 e. The van der Waals surface area contributed by atoms with Crippen LogP contribution in [0.3, 0.4) is 0 Å². The summed E-state index contributed by atoms with van der Waals surface area (Å²) in [6.07, 6.45) is 2.13. The van der Waals surface area contributed by atoms with E-state index in [1.54, 1.807) is 6.20 Å². The largest absolute Gasteiger partial charge is 0.415 e. The summed E-state index contributed by atoms with van der Waals surface area (Å²) < 4.78 is 5.87. The molecule has 1 saturated heterocycles. The number of anilines is 1.